The van der Waals surface area contributed by atoms with Crippen molar-refractivity contribution in [2.75, 3.05) is 6.26 Å². The maximum Gasteiger partial charge on any atom is 0.0969 e. The predicted molar refractivity (Wildman–Crippen MR) is 65.4 cm³/mol. The first kappa shape index (κ1) is 11.2. The standard InChI is InChI=1S/C12H14N2OS/c1-16-11-4-2-10(3-5-11)12(15)8-14-7-6-13-9-14/h2-7,9,12,15H,8H2,1H3. The number of aliphatic hydroxyl groups is 1. The van der Waals surface area contributed by atoms with Crippen LogP contribution < -0.4 is 0 Å². The molecule has 16 heavy (non-hydrogen) atoms. The van der Waals surface area contributed by atoms with Gasteiger partial charge in [-0.2, -0.15) is 0 Å². The summed E-state index contributed by atoms with van der Waals surface area (Å²) in [5, 5.41) is 10.0. The van der Waals surface area contributed by atoms with Gasteiger partial charge in [0.2, 0.25) is 0 Å². The summed E-state index contributed by atoms with van der Waals surface area (Å²) in [6.45, 7) is 0.540. The molecule has 4 heteroatoms. The Kier molecular flexibility index (Phi) is 3.64. The van der Waals surface area contributed by atoms with E-state index in [1.807, 2.05) is 41.3 Å². The van der Waals surface area contributed by atoms with E-state index in [4.69, 9.17) is 0 Å². The summed E-state index contributed by atoms with van der Waals surface area (Å²) in [6.07, 6.45) is 6.82. The van der Waals surface area contributed by atoms with Crippen molar-refractivity contribution in [3.05, 3.63) is 48.5 Å². The van der Waals surface area contributed by atoms with Gasteiger partial charge in [0.05, 0.1) is 19.0 Å². The second-order valence-corrected chi connectivity index (χ2v) is 4.43. The molecule has 0 bridgehead atoms. The Morgan fingerprint density at radius 2 is 2.12 bits per heavy atom. The molecule has 2 aromatic rings. The van der Waals surface area contributed by atoms with Crippen molar-refractivity contribution in [3.8, 4) is 0 Å². The highest BCUT2D eigenvalue weighted by Crippen LogP contribution is 2.20. The molecule has 0 radical (unpaired) electrons. The summed E-state index contributed by atoms with van der Waals surface area (Å²) in [5.74, 6) is 0. The van der Waals surface area contributed by atoms with E-state index in [-0.39, 0.29) is 0 Å². The summed E-state index contributed by atoms with van der Waals surface area (Å²) in [7, 11) is 0. The first-order chi connectivity index (χ1) is 7.79. The average Bonchev–Trinajstić information content (AvgIpc) is 2.82. The molecule has 1 heterocycles. The molecule has 0 spiro atoms. The van der Waals surface area contributed by atoms with E-state index in [1.165, 1.54) is 4.90 Å². The quantitative estimate of drug-likeness (QED) is 0.825. The van der Waals surface area contributed by atoms with Crippen molar-refractivity contribution >= 4 is 11.8 Å². The normalized spacial score (nSPS) is 12.6. The SMILES string of the molecule is CSc1ccc(C(O)Cn2ccnc2)cc1. The topological polar surface area (TPSA) is 38.0 Å². The zero-order valence-electron chi connectivity index (χ0n) is 9.08. The van der Waals surface area contributed by atoms with Crippen molar-refractivity contribution in [2.45, 2.75) is 17.5 Å². The average molecular weight is 234 g/mol. The maximum absolute atomic E-state index is 10.0. The van der Waals surface area contributed by atoms with E-state index in [2.05, 4.69) is 4.98 Å². The smallest absolute Gasteiger partial charge is 0.0969 e. The van der Waals surface area contributed by atoms with Crippen LogP contribution in [0.4, 0.5) is 0 Å². The van der Waals surface area contributed by atoms with Crippen LogP contribution in [0.25, 0.3) is 0 Å². The van der Waals surface area contributed by atoms with Crippen LogP contribution in [0.2, 0.25) is 0 Å². The summed E-state index contributed by atoms with van der Waals surface area (Å²) >= 11 is 1.70. The van der Waals surface area contributed by atoms with Crippen LogP contribution in [0.15, 0.2) is 47.9 Å². The molecule has 1 N–H and O–H groups in total. The Bertz CT molecular complexity index is 425. The molecule has 1 unspecified atom stereocenters. The van der Waals surface area contributed by atoms with E-state index in [9.17, 15) is 5.11 Å². The molecule has 2 rings (SSSR count). The molecule has 1 aromatic carbocycles. The lowest BCUT2D eigenvalue weighted by molar-refractivity contribution is 0.156. The van der Waals surface area contributed by atoms with Gasteiger partial charge in [0.25, 0.3) is 0 Å². The molecule has 84 valence electrons. The van der Waals surface area contributed by atoms with Crippen LogP contribution in [0.3, 0.4) is 0 Å². The van der Waals surface area contributed by atoms with Gasteiger partial charge >= 0.3 is 0 Å². The lowest BCUT2D eigenvalue weighted by atomic mass is 10.1. The third-order valence-corrected chi connectivity index (χ3v) is 3.19. The zero-order valence-corrected chi connectivity index (χ0v) is 9.89. The van der Waals surface area contributed by atoms with E-state index >= 15 is 0 Å². The number of thioether (sulfide) groups is 1. The Hall–Kier alpha value is -1.26. The summed E-state index contributed by atoms with van der Waals surface area (Å²) in [4.78, 5) is 5.15. The Morgan fingerprint density at radius 3 is 2.69 bits per heavy atom. The minimum absolute atomic E-state index is 0.481. The predicted octanol–water partition coefficient (Wildman–Crippen LogP) is 2.34. The molecule has 0 aliphatic heterocycles. The number of nitrogens with zero attached hydrogens (tertiary/aromatic N) is 2. The van der Waals surface area contributed by atoms with Gasteiger partial charge in [-0.25, -0.2) is 4.98 Å². The van der Waals surface area contributed by atoms with Crippen LogP contribution in [0.1, 0.15) is 11.7 Å². The molecule has 0 amide bonds. The van der Waals surface area contributed by atoms with Crippen LogP contribution in [-0.4, -0.2) is 20.9 Å². The molecular formula is C12H14N2OS. The summed E-state index contributed by atoms with van der Waals surface area (Å²) in [6, 6.07) is 7.98. The fourth-order valence-corrected chi connectivity index (χ4v) is 1.93. The molecule has 3 nitrogen and oxygen atoms in total. The Morgan fingerprint density at radius 1 is 1.38 bits per heavy atom. The number of aliphatic hydroxyl groups excluding tert-OH is 1. The zero-order chi connectivity index (χ0) is 11.4. The number of aromatic nitrogens is 2. The lowest BCUT2D eigenvalue weighted by Gasteiger charge is -2.11. The number of imidazole rings is 1. The van der Waals surface area contributed by atoms with Gasteiger partial charge in [-0.1, -0.05) is 12.1 Å². The van der Waals surface area contributed by atoms with Gasteiger partial charge in [0.15, 0.2) is 0 Å². The third kappa shape index (κ3) is 2.65. The molecule has 0 saturated carbocycles. The van der Waals surface area contributed by atoms with Gasteiger partial charge in [-0.05, 0) is 24.0 Å². The molecule has 0 saturated heterocycles. The van der Waals surface area contributed by atoms with Crippen LogP contribution in [0.5, 0.6) is 0 Å². The van der Waals surface area contributed by atoms with E-state index in [0.717, 1.165) is 5.56 Å². The molecule has 0 fully saturated rings. The fraction of sp³-hybridized carbons (Fsp3) is 0.250. The van der Waals surface area contributed by atoms with Gasteiger partial charge in [0.1, 0.15) is 0 Å². The highest BCUT2D eigenvalue weighted by molar-refractivity contribution is 7.98. The second-order valence-electron chi connectivity index (χ2n) is 3.55. The molecule has 0 aliphatic rings. The third-order valence-electron chi connectivity index (χ3n) is 2.44. The number of rotatable bonds is 4. The van der Waals surface area contributed by atoms with Crippen LogP contribution in [-0.2, 0) is 6.54 Å². The van der Waals surface area contributed by atoms with Gasteiger partial charge < -0.3 is 9.67 Å². The van der Waals surface area contributed by atoms with Crippen LogP contribution in [0, 0.1) is 0 Å². The van der Waals surface area contributed by atoms with Crippen molar-refractivity contribution < 1.29 is 5.11 Å². The molecular weight excluding hydrogens is 220 g/mol. The fourth-order valence-electron chi connectivity index (χ4n) is 1.53. The lowest BCUT2D eigenvalue weighted by Crippen LogP contribution is -2.06. The highest BCUT2D eigenvalue weighted by atomic mass is 32.2. The number of hydrogen-bond donors (Lipinski definition) is 1. The second kappa shape index (κ2) is 5.18. The number of benzene rings is 1. The summed E-state index contributed by atoms with van der Waals surface area (Å²) < 4.78 is 1.87. The summed E-state index contributed by atoms with van der Waals surface area (Å²) in [5.41, 5.74) is 0.937. The number of hydrogen-bond acceptors (Lipinski definition) is 3. The Labute approximate surface area is 99.1 Å². The van der Waals surface area contributed by atoms with Gasteiger partial charge in [0, 0.05) is 17.3 Å². The minimum Gasteiger partial charge on any atom is -0.387 e. The van der Waals surface area contributed by atoms with Gasteiger partial charge in [-0.15, -0.1) is 11.8 Å². The van der Waals surface area contributed by atoms with Crippen molar-refractivity contribution in [2.24, 2.45) is 0 Å². The Balaban J connectivity index is 2.05. The molecule has 1 aromatic heterocycles. The molecule has 1 atom stereocenters. The monoisotopic (exact) mass is 234 g/mol. The molecule has 0 aliphatic carbocycles. The van der Waals surface area contributed by atoms with Crippen LogP contribution >= 0.6 is 11.8 Å². The van der Waals surface area contributed by atoms with E-state index < -0.39 is 6.10 Å². The minimum atomic E-state index is -0.481. The first-order valence-corrected chi connectivity index (χ1v) is 6.30. The largest absolute Gasteiger partial charge is 0.387 e. The van der Waals surface area contributed by atoms with E-state index in [0.29, 0.717) is 6.54 Å². The van der Waals surface area contributed by atoms with E-state index in [1.54, 1.807) is 24.3 Å². The maximum atomic E-state index is 10.0. The highest BCUT2D eigenvalue weighted by Gasteiger charge is 2.07. The van der Waals surface area contributed by atoms with Crippen molar-refractivity contribution in [1.29, 1.82) is 0 Å². The first-order valence-electron chi connectivity index (χ1n) is 5.07. The van der Waals surface area contributed by atoms with Crippen molar-refractivity contribution in [3.63, 3.8) is 0 Å². The van der Waals surface area contributed by atoms with Crippen molar-refractivity contribution in [1.82, 2.24) is 9.55 Å². The van der Waals surface area contributed by atoms with Gasteiger partial charge in [-0.3, -0.25) is 0 Å².